The summed E-state index contributed by atoms with van der Waals surface area (Å²) in [6, 6.07) is 33.6. The predicted octanol–water partition coefficient (Wildman–Crippen LogP) is 7.71. The Morgan fingerprint density at radius 2 is 1.03 bits per heavy atom. The summed E-state index contributed by atoms with van der Waals surface area (Å²) in [6.45, 7) is 3.96. The van der Waals surface area contributed by atoms with E-state index in [2.05, 4.69) is 31.9 Å². The summed E-state index contributed by atoms with van der Waals surface area (Å²) in [6.07, 6.45) is -1.82. The summed E-state index contributed by atoms with van der Waals surface area (Å²) in [5.74, 6) is -1.00. The van der Waals surface area contributed by atoms with Gasteiger partial charge in [-0.25, -0.2) is 9.59 Å². The number of carbonyl (C=O) groups is 2. The van der Waals surface area contributed by atoms with Gasteiger partial charge in [-0.2, -0.15) is 0 Å². The van der Waals surface area contributed by atoms with Crippen LogP contribution in [0, 0.1) is 6.92 Å². The Kier molecular flexibility index (Phi) is 7.30. The second-order valence-corrected chi connectivity index (χ2v) is 12.4. The lowest BCUT2D eigenvalue weighted by atomic mass is 9.70. The molecule has 0 aromatic heterocycles. The fraction of sp³-hybridized carbons (Fsp3) is 0.188. The first-order valence-corrected chi connectivity index (χ1v) is 13.9. The normalized spacial score (nSPS) is 24.2. The van der Waals surface area contributed by atoms with Crippen LogP contribution in [-0.4, -0.2) is 24.1 Å². The summed E-state index contributed by atoms with van der Waals surface area (Å²) >= 11 is 7.97. The molecular formula is C32H26Br2O4. The molecule has 0 fully saturated rings. The molecule has 1 aliphatic carbocycles. The van der Waals surface area contributed by atoms with Gasteiger partial charge >= 0.3 is 11.9 Å². The Morgan fingerprint density at radius 3 is 1.55 bits per heavy atom. The number of esters is 2. The SMILES string of the molecule is Cc1ccccc1C1(Br)c2ccccc2C(C)(Br)C(OC(=O)c2ccccc2)C1OC(=O)c1ccccc1. The average Bonchev–Trinajstić information content (AvgIpc) is 2.94. The van der Waals surface area contributed by atoms with Crippen molar-refractivity contribution < 1.29 is 19.1 Å². The molecule has 5 rings (SSSR count). The van der Waals surface area contributed by atoms with Crippen LogP contribution >= 0.6 is 31.9 Å². The topological polar surface area (TPSA) is 52.6 Å². The van der Waals surface area contributed by atoms with Gasteiger partial charge < -0.3 is 9.47 Å². The minimum Gasteiger partial charge on any atom is -0.453 e. The highest BCUT2D eigenvalue weighted by molar-refractivity contribution is 9.10. The summed E-state index contributed by atoms with van der Waals surface area (Å²) in [5.41, 5.74) is 4.60. The van der Waals surface area contributed by atoms with Crippen molar-refractivity contribution in [2.24, 2.45) is 0 Å². The third-order valence-electron chi connectivity index (χ3n) is 7.07. The molecule has 0 heterocycles. The van der Waals surface area contributed by atoms with Crippen LogP contribution in [0.25, 0.3) is 0 Å². The molecule has 0 amide bonds. The van der Waals surface area contributed by atoms with E-state index in [1.54, 1.807) is 48.5 Å². The Hall–Kier alpha value is -3.22. The number of rotatable bonds is 5. The van der Waals surface area contributed by atoms with Crippen LogP contribution in [0.2, 0.25) is 0 Å². The molecule has 0 saturated heterocycles. The van der Waals surface area contributed by atoms with Crippen molar-refractivity contribution in [1.29, 1.82) is 0 Å². The largest absolute Gasteiger partial charge is 0.453 e. The molecule has 4 aromatic rings. The lowest BCUT2D eigenvalue weighted by Crippen LogP contribution is -2.58. The van der Waals surface area contributed by atoms with Gasteiger partial charge in [0.05, 0.1) is 15.5 Å². The van der Waals surface area contributed by atoms with Gasteiger partial charge in [-0.3, -0.25) is 0 Å². The van der Waals surface area contributed by atoms with E-state index >= 15 is 0 Å². The van der Waals surface area contributed by atoms with Gasteiger partial charge in [-0.1, -0.05) is 117 Å². The van der Waals surface area contributed by atoms with E-state index in [4.69, 9.17) is 9.47 Å². The van der Waals surface area contributed by atoms with Crippen LogP contribution in [0.3, 0.4) is 0 Å². The number of carbonyl (C=O) groups excluding carboxylic acids is 2. The fourth-order valence-corrected chi connectivity index (χ4v) is 6.94. The standard InChI is InChI=1S/C32H26Br2O4/c1-21-13-9-10-18-24(21)32(34)26-20-12-11-19-25(26)31(2,33)27(37-29(35)22-14-5-3-6-15-22)28(32)38-30(36)23-16-7-4-8-17-23/h3-20,27-28H,1-2H3. The van der Waals surface area contributed by atoms with Gasteiger partial charge in [0, 0.05) is 0 Å². The lowest BCUT2D eigenvalue weighted by Gasteiger charge is -2.50. The number of alkyl halides is 2. The van der Waals surface area contributed by atoms with Gasteiger partial charge in [0.15, 0.2) is 12.2 Å². The molecule has 0 saturated carbocycles. The maximum Gasteiger partial charge on any atom is 0.338 e. The molecule has 4 nitrogen and oxygen atoms in total. The maximum atomic E-state index is 13.5. The third kappa shape index (κ3) is 4.61. The maximum absolute atomic E-state index is 13.5. The van der Waals surface area contributed by atoms with Crippen molar-refractivity contribution in [3.63, 3.8) is 0 Å². The molecular weight excluding hydrogens is 608 g/mol. The van der Waals surface area contributed by atoms with E-state index in [0.29, 0.717) is 11.1 Å². The number of hydrogen-bond acceptors (Lipinski definition) is 4. The van der Waals surface area contributed by atoms with Gasteiger partial charge in [0.1, 0.15) is 4.32 Å². The number of hydrogen-bond donors (Lipinski definition) is 0. The minimum absolute atomic E-state index is 0.412. The van der Waals surface area contributed by atoms with Crippen molar-refractivity contribution in [3.8, 4) is 0 Å². The van der Waals surface area contributed by atoms with E-state index in [-0.39, 0.29) is 0 Å². The fourth-order valence-electron chi connectivity index (χ4n) is 5.14. The molecule has 4 aromatic carbocycles. The third-order valence-corrected chi connectivity index (χ3v) is 9.26. The molecule has 0 N–H and O–H groups in total. The highest BCUT2D eigenvalue weighted by Gasteiger charge is 2.60. The molecule has 0 bridgehead atoms. The molecule has 4 unspecified atom stereocenters. The number of benzene rings is 4. The first-order chi connectivity index (χ1) is 18.2. The molecule has 0 radical (unpaired) electrons. The predicted molar refractivity (Wildman–Crippen MR) is 155 cm³/mol. The zero-order chi connectivity index (χ0) is 26.9. The second-order valence-electron chi connectivity index (χ2n) is 9.53. The van der Waals surface area contributed by atoms with Crippen molar-refractivity contribution in [1.82, 2.24) is 0 Å². The van der Waals surface area contributed by atoms with Gasteiger partial charge in [0.2, 0.25) is 0 Å². The van der Waals surface area contributed by atoms with Crippen molar-refractivity contribution >= 4 is 43.8 Å². The van der Waals surface area contributed by atoms with E-state index in [9.17, 15) is 9.59 Å². The van der Waals surface area contributed by atoms with Gasteiger partial charge in [0.25, 0.3) is 0 Å². The minimum atomic E-state index is -1.01. The Morgan fingerprint density at radius 1 is 0.605 bits per heavy atom. The smallest absolute Gasteiger partial charge is 0.338 e. The van der Waals surface area contributed by atoms with Gasteiger partial charge in [-0.05, 0) is 60.4 Å². The van der Waals surface area contributed by atoms with Gasteiger partial charge in [-0.15, -0.1) is 0 Å². The number of fused-ring (bicyclic) bond motifs is 1. The van der Waals surface area contributed by atoms with E-state index in [1.165, 1.54) is 0 Å². The molecule has 0 spiro atoms. The van der Waals surface area contributed by atoms with Crippen molar-refractivity contribution in [3.05, 3.63) is 143 Å². The lowest BCUT2D eigenvalue weighted by molar-refractivity contribution is -0.0613. The van der Waals surface area contributed by atoms with Crippen molar-refractivity contribution in [2.75, 3.05) is 0 Å². The Balaban J connectivity index is 1.72. The molecule has 38 heavy (non-hydrogen) atoms. The number of aryl methyl sites for hydroxylation is 1. The first kappa shape index (κ1) is 26.4. The monoisotopic (exact) mass is 632 g/mol. The summed E-state index contributed by atoms with van der Waals surface area (Å²) < 4.78 is 10.7. The van der Waals surface area contributed by atoms with E-state index < -0.39 is 32.8 Å². The van der Waals surface area contributed by atoms with Crippen LogP contribution in [0.5, 0.6) is 0 Å². The van der Waals surface area contributed by atoms with Crippen molar-refractivity contribution in [2.45, 2.75) is 34.7 Å². The van der Waals surface area contributed by atoms with Crippen LogP contribution in [0.1, 0.15) is 49.9 Å². The Bertz CT molecular complexity index is 1470. The highest BCUT2D eigenvalue weighted by atomic mass is 79.9. The average molecular weight is 634 g/mol. The molecule has 6 heteroatoms. The zero-order valence-corrected chi connectivity index (χ0v) is 24.1. The van der Waals surface area contributed by atoms with E-state index in [1.807, 2.05) is 74.5 Å². The van der Waals surface area contributed by atoms with Crippen LogP contribution in [-0.2, 0) is 18.1 Å². The summed E-state index contributed by atoms with van der Waals surface area (Å²) in [7, 11) is 0. The quantitative estimate of drug-likeness (QED) is 0.167. The second kappa shape index (κ2) is 10.5. The zero-order valence-electron chi connectivity index (χ0n) is 20.9. The molecule has 4 atom stereocenters. The molecule has 192 valence electrons. The first-order valence-electron chi connectivity index (χ1n) is 12.3. The summed E-state index contributed by atoms with van der Waals surface area (Å²) in [5, 5.41) is 0. The summed E-state index contributed by atoms with van der Waals surface area (Å²) in [4.78, 5) is 27.0. The number of halogens is 2. The number of ether oxygens (including phenoxy) is 2. The highest BCUT2D eigenvalue weighted by Crippen LogP contribution is 2.57. The molecule has 0 aliphatic heterocycles. The van der Waals surface area contributed by atoms with Crippen LogP contribution in [0.15, 0.2) is 109 Å². The van der Waals surface area contributed by atoms with E-state index in [0.717, 1.165) is 22.3 Å². The van der Waals surface area contributed by atoms with Crippen LogP contribution in [0.4, 0.5) is 0 Å². The molecule has 1 aliphatic rings. The van der Waals surface area contributed by atoms with Crippen LogP contribution < -0.4 is 0 Å². The Labute approximate surface area is 239 Å².